The van der Waals surface area contributed by atoms with E-state index in [1.807, 2.05) is 30.3 Å². The van der Waals surface area contributed by atoms with Crippen LogP contribution in [0.25, 0.3) is 11.1 Å². The average molecular weight is 381 g/mol. The molecule has 0 aliphatic heterocycles. The minimum Gasteiger partial charge on any atom is -0.434 e. The molecule has 0 heterocycles. The van der Waals surface area contributed by atoms with Crippen LogP contribution in [0, 0.1) is 0 Å². The highest BCUT2D eigenvalue weighted by Crippen LogP contribution is 2.35. The summed E-state index contributed by atoms with van der Waals surface area (Å²) in [4.78, 5) is 12.1. The van der Waals surface area contributed by atoms with Gasteiger partial charge in [-0.1, -0.05) is 42.5 Å². The molecule has 0 bridgehead atoms. The number of amides is 1. The summed E-state index contributed by atoms with van der Waals surface area (Å²) >= 11 is 0. The standard InChI is InChI=1S/C20H22F3NO3/c1-18(2,26)15-11-10-14(13-8-6-5-7-9-13)12-16(15)24-17(25)27-19(3,4)20(21,22)23/h5-12,26H,1-4H3,(H,24,25). The van der Waals surface area contributed by atoms with Crippen LogP contribution in [0.3, 0.4) is 0 Å². The van der Waals surface area contributed by atoms with Crippen molar-refractivity contribution in [2.24, 2.45) is 0 Å². The summed E-state index contributed by atoms with van der Waals surface area (Å²) in [6.45, 7) is 4.56. The molecule has 2 aromatic rings. The van der Waals surface area contributed by atoms with Crippen molar-refractivity contribution in [2.45, 2.75) is 45.1 Å². The zero-order valence-electron chi connectivity index (χ0n) is 15.5. The number of carbonyl (C=O) groups excluding carboxylic acids is 1. The first kappa shape index (κ1) is 20.8. The molecular formula is C20H22F3NO3. The molecule has 7 heteroatoms. The molecule has 0 saturated carbocycles. The predicted molar refractivity (Wildman–Crippen MR) is 97.4 cm³/mol. The van der Waals surface area contributed by atoms with Crippen LogP contribution in [-0.2, 0) is 10.3 Å². The smallest absolute Gasteiger partial charge is 0.427 e. The van der Waals surface area contributed by atoms with E-state index in [1.54, 1.807) is 18.2 Å². The number of hydrogen-bond acceptors (Lipinski definition) is 3. The first-order chi connectivity index (χ1) is 12.3. The fourth-order valence-electron chi connectivity index (χ4n) is 2.42. The minimum atomic E-state index is -4.71. The van der Waals surface area contributed by atoms with E-state index in [-0.39, 0.29) is 5.69 Å². The second kappa shape index (κ2) is 7.23. The van der Waals surface area contributed by atoms with Gasteiger partial charge in [-0.05, 0) is 44.9 Å². The molecule has 0 unspecified atom stereocenters. The summed E-state index contributed by atoms with van der Waals surface area (Å²) in [6.07, 6.45) is -5.97. The lowest BCUT2D eigenvalue weighted by molar-refractivity contribution is -0.242. The Morgan fingerprint density at radius 1 is 0.963 bits per heavy atom. The highest BCUT2D eigenvalue weighted by molar-refractivity contribution is 5.88. The number of ether oxygens (including phenoxy) is 1. The van der Waals surface area contributed by atoms with Gasteiger partial charge in [-0.2, -0.15) is 13.2 Å². The molecule has 2 aromatic carbocycles. The van der Waals surface area contributed by atoms with Crippen LogP contribution in [0.15, 0.2) is 48.5 Å². The van der Waals surface area contributed by atoms with Crippen molar-refractivity contribution in [3.63, 3.8) is 0 Å². The lowest BCUT2D eigenvalue weighted by atomic mass is 9.93. The predicted octanol–water partition coefficient (Wildman–Crippen LogP) is 5.47. The molecule has 0 radical (unpaired) electrons. The van der Waals surface area contributed by atoms with Crippen LogP contribution in [0.5, 0.6) is 0 Å². The molecule has 1 amide bonds. The van der Waals surface area contributed by atoms with E-state index in [0.717, 1.165) is 25.0 Å². The number of hydrogen-bond donors (Lipinski definition) is 2. The molecule has 4 nitrogen and oxygen atoms in total. The van der Waals surface area contributed by atoms with Crippen molar-refractivity contribution in [3.8, 4) is 11.1 Å². The van der Waals surface area contributed by atoms with Gasteiger partial charge in [0, 0.05) is 5.56 Å². The molecule has 0 aromatic heterocycles. The van der Waals surface area contributed by atoms with Crippen molar-refractivity contribution in [3.05, 3.63) is 54.1 Å². The maximum absolute atomic E-state index is 12.9. The van der Waals surface area contributed by atoms with E-state index in [9.17, 15) is 23.1 Å². The molecule has 0 fully saturated rings. The van der Waals surface area contributed by atoms with Crippen molar-refractivity contribution in [1.82, 2.24) is 0 Å². The zero-order valence-corrected chi connectivity index (χ0v) is 15.5. The van der Waals surface area contributed by atoms with Gasteiger partial charge in [0.1, 0.15) is 0 Å². The quantitative estimate of drug-likeness (QED) is 0.738. The normalized spacial score (nSPS) is 12.6. The highest BCUT2D eigenvalue weighted by Gasteiger charge is 2.51. The Bertz CT molecular complexity index is 809. The molecule has 2 N–H and O–H groups in total. The minimum absolute atomic E-state index is 0.173. The molecule has 0 spiro atoms. The van der Waals surface area contributed by atoms with Crippen LogP contribution in [0.4, 0.5) is 23.7 Å². The Hall–Kier alpha value is -2.54. The van der Waals surface area contributed by atoms with Gasteiger partial charge in [0.25, 0.3) is 0 Å². The van der Waals surface area contributed by atoms with Crippen LogP contribution in [0.1, 0.15) is 33.3 Å². The molecule has 0 atom stereocenters. The summed E-state index contributed by atoms with van der Waals surface area (Å²) < 4.78 is 43.4. The summed E-state index contributed by atoms with van der Waals surface area (Å²) in [7, 11) is 0. The van der Waals surface area contributed by atoms with Gasteiger partial charge in [-0.3, -0.25) is 5.32 Å². The summed E-state index contributed by atoms with van der Waals surface area (Å²) in [5.74, 6) is 0. The fourth-order valence-corrected chi connectivity index (χ4v) is 2.42. The second-order valence-electron chi connectivity index (χ2n) is 7.21. The number of aliphatic hydroxyl groups is 1. The Morgan fingerprint density at radius 2 is 1.56 bits per heavy atom. The van der Waals surface area contributed by atoms with Gasteiger partial charge in [0.15, 0.2) is 0 Å². The Morgan fingerprint density at radius 3 is 2.07 bits per heavy atom. The molecule has 2 rings (SSSR count). The molecule has 27 heavy (non-hydrogen) atoms. The van der Waals surface area contributed by atoms with E-state index in [4.69, 9.17) is 0 Å². The van der Waals surface area contributed by atoms with E-state index in [0.29, 0.717) is 5.56 Å². The van der Waals surface area contributed by atoms with E-state index < -0.39 is 23.5 Å². The number of benzene rings is 2. The Kier molecular flexibility index (Phi) is 5.56. The van der Waals surface area contributed by atoms with Crippen molar-refractivity contribution in [2.75, 3.05) is 5.32 Å². The number of carbonyl (C=O) groups is 1. The van der Waals surface area contributed by atoms with Gasteiger partial charge in [-0.15, -0.1) is 0 Å². The monoisotopic (exact) mass is 381 g/mol. The average Bonchev–Trinajstić information content (AvgIpc) is 2.53. The maximum atomic E-state index is 12.9. The molecular weight excluding hydrogens is 359 g/mol. The molecule has 146 valence electrons. The summed E-state index contributed by atoms with van der Waals surface area (Å²) in [5, 5.41) is 12.7. The van der Waals surface area contributed by atoms with Crippen molar-refractivity contribution < 1.29 is 27.8 Å². The summed E-state index contributed by atoms with van der Waals surface area (Å²) in [6, 6.07) is 14.2. The number of rotatable bonds is 4. The van der Waals surface area contributed by atoms with Crippen molar-refractivity contribution in [1.29, 1.82) is 0 Å². The maximum Gasteiger partial charge on any atom is 0.427 e. The molecule has 0 saturated heterocycles. The lowest BCUT2D eigenvalue weighted by Gasteiger charge is -2.28. The van der Waals surface area contributed by atoms with Gasteiger partial charge in [0.2, 0.25) is 5.60 Å². The Balaban J connectivity index is 2.37. The lowest BCUT2D eigenvalue weighted by Crippen LogP contribution is -2.44. The van der Waals surface area contributed by atoms with Crippen LogP contribution < -0.4 is 5.32 Å². The number of anilines is 1. The van der Waals surface area contributed by atoms with Gasteiger partial charge in [0.05, 0.1) is 11.3 Å². The highest BCUT2D eigenvalue weighted by atomic mass is 19.4. The Labute approximate surface area is 156 Å². The SMILES string of the molecule is CC(C)(O)c1ccc(-c2ccccc2)cc1NC(=O)OC(C)(C)C(F)(F)F. The molecule has 0 aliphatic carbocycles. The largest absolute Gasteiger partial charge is 0.434 e. The third-order valence-electron chi connectivity index (χ3n) is 4.05. The summed E-state index contributed by atoms with van der Waals surface area (Å²) in [5.41, 5.74) is -1.86. The number of halogens is 3. The third-order valence-corrected chi connectivity index (χ3v) is 4.05. The first-order valence-electron chi connectivity index (χ1n) is 8.30. The van der Waals surface area contributed by atoms with Gasteiger partial charge < -0.3 is 9.84 Å². The topological polar surface area (TPSA) is 58.6 Å². The number of alkyl halides is 3. The van der Waals surface area contributed by atoms with Gasteiger partial charge in [-0.25, -0.2) is 4.79 Å². The second-order valence-corrected chi connectivity index (χ2v) is 7.21. The van der Waals surface area contributed by atoms with Crippen LogP contribution in [0.2, 0.25) is 0 Å². The zero-order chi connectivity index (χ0) is 20.5. The van der Waals surface area contributed by atoms with Crippen LogP contribution in [-0.4, -0.2) is 23.0 Å². The fraction of sp³-hybridized carbons (Fsp3) is 0.350. The number of nitrogens with one attached hydrogen (secondary N) is 1. The third kappa shape index (κ3) is 5.01. The van der Waals surface area contributed by atoms with Gasteiger partial charge >= 0.3 is 12.3 Å². The van der Waals surface area contributed by atoms with E-state index in [1.165, 1.54) is 13.8 Å². The van der Waals surface area contributed by atoms with Crippen LogP contribution >= 0.6 is 0 Å². The van der Waals surface area contributed by atoms with E-state index in [2.05, 4.69) is 10.1 Å². The first-order valence-corrected chi connectivity index (χ1v) is 8.30. The molecule has 0 aliphatic rings. The van der Waals surface area contributed by atoms with E-state index >= 15 is 0 Å². The van der Waals surface area contributed by atoms with Crippen molar-refractivity contribution >= 4 is 11.8 Å².